The Morgan fingerprint density at radius 2 is 1.79 bits per heavy atom. The predicted octanol–water partition coefficient (Wildman–Crippen LogP) is 3.62. The number of benzene rings is 2. The summed E-state index contributed by atoms with van der Waals surface area (Å²) in [6.45, 7) is 5.21. The van der Waals surface area contributed by atoms with Crippen LogP contribution in [0.25, 0.3) is 16.9 Å². The largest absolute Gasteiger partial charge is 0.495 e. The first-order valence-corrected chi connectivity index (χ1v) is 11.5. The highest BCUT2D eigenvalue weighted by Gasteiger charge is 2.22. The fourth-order valence-corrected chi connectivity index (χ4v) is 4.77. The average Bonchev–Trinajstić information content (AvgIpc) is 3.13. The van der Waals surface area contributed by atoms with Crippen LogP contribution in [0.4, 0.5) is 5.69 Å². The Labute approximate surface area is 190 Å². The molecule has 0 atom stereocenters. The first kappa shape index (κ1) is 22.3. The topological polar surface area (TPSA) is 116 Å². The van der Waals surface area contributed by atoms with Gasteiger partial charge in [0.2, 0.25) is 0 Å². The molecule has 0 saturated carbocycles. The number of sulfonamides is 1. The van der Waals surface area contributed by atoms with Crippen molar-refractivity contribution >= 4 is 15.7 Å². The number of rotatable bonds is 6. The number of para-hydroxylation sites is 1. The zero-order chi connectivity index (χ0) is 23.8. The van der Waals surface area contributed by atoms with Crippen molar-refractivity contribution in [3.05, 3.63) is 82.0 Å². The highest BCUT2D eigenvalue weighted by molar-refractivity contribution is 7.92. The summed E-state index contributed by atoms with van der Waals surface area (Å²) < 4.78 is 40.7. The minimum Gasteiger partial charge on any atom is -0.495 e. The Kier molecular flexibility index (Phi) is 5.77. The van der Waals surface area contributed by atoms with Gasteiger partial charge in [-0.15, -0.1) is 0 Å². The van der Waals surface area contributed by atoms with Crippen molar-refractivity contribution < 1.29 is 17.7 Å². The van der Waals surface area contributed by atoms with E-state index in [2.05, 4.69) is 15.0 Å². The van der Waals surface area contributed by atoms with Crippen LogP contribution in [0, 0.1) is 20.8 Å². The molecule has 0 bridgehead atoms. The van der Waals surface area contributed by atoms with Crippen molar-refractivity contribution in [1.82, 2.24) is 14.9 Å². The van der Waals surface area contributed by atoms with Gasteiger partial charge < -0.3 is 9.26 Å². The van der Waals surface area contributed by atoms with E-state index in [9.17, 15) is 13.2 Å². The number of aromatic nitrogens is 3. The monoisotopic (exact) mass is 466 g/mol. The Morgan fingerprint density at radius 3 is 2.45 bits per heavy atom. The molecule has 0 radical (unpaired) electrons. The normalized spacial score (nSPS) is 11.4. The van der Waals surface area contributed by atoms with Crippen LogP contribution >= 0.6 is 0 Å². The van der Waals surface area contributed by atoms with Gasteiger partial charge in [-0.3, -0.25) is 9.52 Å². The van der Waals surface area contributed by atoms with Gasteiger partial charge in [0.15, 0.2) is 5.76 Å². The molecule has 1 N–H and O–H groups in total. The van der Waals surface area contributed by atoms with Crippen LogP contribution in [-0.2, 0) is 10.0 Å². The summed E-state index contributed by atoms with van der Waals surface area (Å²) in [6, 6.07) is 14.7. The first-order valence-electron chi connectivity index (χ1n) is 10.0. The highest BCUT2D eigenvalue weighted by Crippen LogP contribution is 2.31. The Bertz CT molecular complexity index is 1490. The number of aryl methyl sites for hydroxylation is 3. The first-order chi connectivity index (χ1) is 15.7. The van der Waals surface area contributed by atoms with E-state index in [0.717, 1.165) is 5.56 Å². The average molecular weight is 467 g/mol. The third-order valence-corrected chi connectivity index (χ3v) is 6.53. The van der Waals surface area contributed by atoms with E-state index in [1.165, 1.54) is 30.0 Å². The van der Waals surface area contributed by atoms with Gasteiger partial charge in [-0.1, -0.05) is 23.4 Å². The number of hydrogen-bond donors (Lipinski definition) is 1. The molecular formula is C23H22N4O5S. The second kappa shape index (κ2) is 8.55. The SMILES string of the molecule is COc1ccc(-c2ccc(=O)n(-c3c(C)noc3C)n2)cc1S(=O)(=O)Nc1ccccc1C. The Balaban J connectivity index is 1.82. The Morgan fingerprint density at radius 1 is 1.03 bits per heavy atom. The molecule has 9 nitrogen and oxygen atoms in total. The van der Waals surface area contributed by atoms with Crippen molar-refractivity contribution in [1.29, 1.82) is 0 Å². The van der Waals surface area contributed by atoms with E-state index in [1.807, 2.05) is 19.1 Å². The Hall–Kier alpha value is -3.92. The van der Waals surface area contributed by atoms with Crippen LogP contribution < -0.4 is 15.0 Å². The summed E-state index contributed by atoms with van der Waals surface area (Å²) in [5, 5.41) is 8.30. The van der Waals surface area contributed by atoms with E-state index in [0.29, 0.717) is 34.1 Å². The maximum atomic E-state index is 13.2. The molecule has 2 aromatic heterocycles. The van der Waals surface area contributed by atoms with Crippen molar-refractivity contribution in [2.45, 2.75) is 25.7 Å². The number of hydrogen-bond acceptors (Lipinski definition) is 7. The maximum absolute atomic E-state index is 13.2. The molecule has 0 aliphatic rings. The van der Waals surface area contributed by atoms with Gasteiger partial charge in [-0.2, -0.15) is 9.78 Å². The lowest BCUT2D eigenvalue weighted by Crippen LogP contribution is -2.21. The lowest BCUT2D eigenvalue weighted by Gasteiger charge is -2.14. The van der Waals surface area contributed by atoms with Crippen molar-refractivity contribution in [3.8, 4) is 22.7 Å². The van der Waals surface area contributed by atoms with E-state index < -0.39 is 10.0 Å². The molecule has 0 aliphatic carbocycles. The number of methoxy groups -OCH3 is 1. The molecule has 2 heterocycles. The quantitative estimate of drug-likeness (QED) is 0.461. The summed E-state index contributed by atoms with van der Waals surface area (Å²) in [5.74, 6) is 0.624. The fraction of sp³-hybridized carbons (Fsp3) is 0.174. The second-order valence-corrected chi connectivity index (χ2v) is 9.08. The van der Waals surface area contributed by atoms with Gasteiger partial charge in [0, 0.05) is 11.6 Å². The molecule has 0 amide bonds. The van der Waals surface area contributed by atoms with Crippen LogP contribution in [0.5, 0.6) is 5.75 Å². The van der Waals surface area contributed by atoms with Gasteiger partial charge in [0.05, 0.1) is 18.5 Å². The highest BCUT2D eigenvalue weighted by atomic mass is 32.2. The van der Waals surface area contributed by atoms with Crippen molar-refractivity contribution in [2.75, 3.05) is 11.8 Å². The summed E-state index contributed by atoms with van der Waals surface area (Å²) >= 11 is 0. The maximum Gasteiger partial charge on any atom is 0.271 e. The smallest absolute Gasteiger partial charge is 0.271 e. The molecule has 0 spiro atoms. The number of nitrogens with one attached hydrogen (secondary N) is 1. The lowest BCUT2D eigenvalue weighted by atomic mass is 10.1. The van der Waals surface area contributed by atoms with E-state index >= 15 is 0 Å². The van der Waals surface area contributed by atoms with Gasteiger partial charge in [-0.05, 0) is 56.7 Å². The lowest BCUT2D eigenvalue weighted by molar-refractivity contribution is 0.392. The zero-order valence-corrected chi connectivity index (χ0v) is 19.3. The van der Waals surface area contributed by atoms with Gasteiger partial charge in [0.25, 0.3) is 15.6 Å². The molecule has 0 fully saturated rings. The van der Waals surface area contributed by atoms with E-state index in [1.54, 1.807) is 38.1 Å². The van der Waals surface area contributed by atoms with E-state index in [4.69, 9.17) is 9.26 Å². The zero-order valence-electron chi connectivity index (χ0n) is 18.5. The van der Waals surface area contributed by atoms with Crippen LogP contribution in [0.1, 0.15) is 17.0 Å². The third-order valence-electron chi connectivity index (χ3n) is 5.15. The summed E-state index contributed by atoms with van der Waals surface area (Å²) in [7, 11) is -2.58. The minimum atomic E-state index is -3.98. The van der Waals surface area contributed by atoms with Crippen LogP contribution in [0.15, 0.2) is 68.8 Å². The molecular weight excluding hydrogens is 444 g/mol. The number of nitrogens with zero attached hydrogens (tertiary/aromatic N) is 3. The standard InChI is InChI=1S/C23H22N4O5S/c1-14-7-5-6-8-18(14)26-33(29,30)21-13-17(9-11-20(21)31-4)19-10-12-22(28)27(24-19)23-15(2)25-32-16(23)3/h5-13,26H,1-4H3. The molecule has 33 heavy (non-hydrogen) atoms. The van der Waals surface area contributed by atoms with Gasteiger partial charge in [-0.25, -0.2) is 8.42 Å². The molecule has 10 heteroatoms. The van der Waals surface area contributed by atoms with Crippen molar-refractivity contribution in [3.63, 3.8) is 0 Å². The second-order valence-electron chi connectivity index (χ2n) is 7.43. The van der Waals surface area contributed by atoms with Crippen molar-refractivity contribution in [2.24, 2.45) is 0 Å². The molecule has 0 saturated heterocycles. The summed E-state index contributed by atoms with van der Waals surface area (Å²) in [6.07, 6.45) is 0. The summed E-state index contributed by atoms with van der Waals surface area (Å²) in [4.78, 5) is 12.4. The molecule has 170 valence electrons. The van der Waals surface area contributed by atoms with E-state index in [-0.39, 0.29) is 16.2 Å². The van der Waals surface area contributed by atoms with Gasteiger partial charge in [0.1, 0.15) is 22.0 Å². The van der Waals surface area contributed by atoms with Crippen LogP contribution in [0.2, 0.25) is 0 Å². The fourth-order valence-electron chi connectivity index (χ4n) is 3.44. The van der Waals surface area contributed by atoms with Crippen LogP contribution in [-0.4, -0.2) is 30.5 Å². The van der Waals surface area contributed by atoms with Gasteiger partial charge >= 0.3 is 0 Å². The number of anilines is 1. The molecule has 0 aliphatic heterocycles. The van der Waals surface area contributed by atoms with Crippen LogP contribution in [0.3, 0.4) is 0 Å². The third kappa shape index (κ3) is 4.24. The minimum absolute atomic E-state index is 0.0531. The predicted molar refractivity (Wildman–Crippen MR) is 123 cm³/mol. The molecule has 4 rings (SSSR count). The molecule has 0 unspecified atom stereocenters. The number of ether oxygens (including phenoxy) is 1. The summed E-state index contributed by atoms with van der Waals surface area (Å²) in [5.41, 5.74) is 2.73. The molecule has 2 aromatic carbocycles. The molecule has 4 aromatic rings.